The molecule has 0 amide bonds. The summed E-state index contributed by atoms with van der Waals surface area (Å²) in [7, 11) is 2.96. The number of ether oxygens (including phenoxy) is 2. The van der Waals surface area contributed by atoms with Crippen molar-refractivity contribution in [1.82, 2.24) is 0 Å². The summed E-state index contributed by atoms with van der Waals surface area (Å²) < 4.78 is 10.4. The number of carbonyl (C=O) groups is 2. The van der Waals surface area contributed by atoms with Crippen LogP contribution < -0.4 is 0 Å². The molecule has 0 unspecified atom stereocenters. The second-order valence-electron chi connectivity index (χ2n) is 6.32. The Morgan fingerprint density at radius 3 is 1.95 bits per heavy atom. The molecule has 0 radical (unpaired) electrons. The zero-order chi connectivity index (χ0) is 16.4. The van der Waals surface area contributed by atoms with Gasteiger partial charge in [-0.1, -0.05) is 61.1 Å². The lowest BCUT2D eigenvalue weighted by molar-refractivity contribution is -0.153. The molecule has 2 rings (SSSR count). The molecule has 5 heteroatoms. The number of hydrogen-bond acceptors (Lipinski definition) is 4. The van der Waals surface area contributed by atoms with Crippen LogP contribution in [0.15, 0.2) is 0 Å². The molecule has 0 bridgehead atoms. The van der Waals surface area contributed by atoms with Crippen LogP contribution in [-0.2, 0) is 19.1 Å². The van der Waals surface area contributed by atoms with Crippen LogP contribution >= 0.6 is 22.6 Å². The van der Waals surface area contributed by atoms with Crippen LogP contribution in [-0.4, -0.2) is 30.6 Å². The van der Waals surface area contributed by atoms with Crippen LogP contribution in [0.1, 0.15) is 64.2 Å². The van der Waals surface area contributed by atoms with E-state index in [1.165, 1.54) is 52.7 Å². The Hall–Kier alpha value is -0.330. The molecule has 0 aromatic carbocycles. The van der Waals surface area contributed by atoms with Gasteiger partial charge >= 0.3 is 11.9 Å². The third kappa shape index (κ3) is 5.70. The van der Waals surface area contributed by atoms with Gasteiger partial charge < -0.3 is 9.47 Å². The van der Waals surface area contributed by atoms with Gasteiger partial charge in [-0.3, -0.25) is 9.59 Å². The number of hydrogen-bond donors (Lipinski definition) is 0. The summed E-state index contributed by atoms with van der Waals surface area (Å²) in [6.45, 7) is 0. The molecule has 2 fully saturated rings. The Morgan fingerprint density at radius 1 is 0.955 bits per heavy atom. The third-order valence-corrected chi connectivity index (χ3v) is 6.28. The average Bonchev–Trinajstić information content (AvgIpc) is 2.62. The van der Waals surface area contributed by atoms with E-state index in [0.717, 1.165) is 30.1 Å². The second kappa shape index (κ2) is 10.4. The monoisotopic (exact) mass is 424 g/mol. The molecule has 128 valence electrons. The molecule has 0 atom stereocenters. The van der Waals surface area contributed by atoms with Gasteiger partial charge in [0.2, 0.25) is 0 Å². The van der Waals surface area contributed by atoms with Crippen molar-refractivity contribution in [3.05, 3.63) is 0 Å². The number of carbonyl (C=O) groups excluding carboxylic acids is 2. The molecule has 2 aliphatic rings. The lowest BCUT2D eigenvalue weighted by atomic mass is 9.76. The summed E-state index contributed by atoms with van der Waals surface area (Å²) in [6.07, 6.45) is 11.4. The van der Waals surface area contributed by atoms with Crippen molar-refractivity contribution in [2.24, 2.45) is 11.3 Å². The normalized spacial score (nSPS) is 21.2. The standard InChI is InChI=1S/C9H15IO2.C8H14O2/c1-12-8(11)9(7-10)5-3-2-4-6-9;1-10-8(9)7-5-3-2-4-6-7/h2-7H2,1H3;7H,2-6H2,1H3. The van der Waals surface area contributed by atoms with Gasteiger partial charge in [0.25, 0.3) is 0 Å². The fraction of sp³-hybridized carbons (Fsp3) is 0.882. The van der Waals surface area contributed by atoms with Gasteiger partial charge in [-0.15, -0.1) is 0 Å². The number of rotatable bonds is 3. The molecule has 2 aliphatic carbocycles. The van der Waals surface area contributed by atoms with Crippen LogP contribution in [0.4, 0.5) is 0 Å². The van der Waals surface area contributed by atoms with E-state index in [1.54, 1.807) is 0 Å². The summed E-state index contributed by atoms with van der Waals surface area (Å²) >= 11 is 2.30. The van der Waals surface area contributed by atoms with Crippen LogP contribution in [0.25, 0.3) is 0 Å². The first kappa shape index (κ1) is 19.7. The largest absolute Gasteiger partial charge is 0.469 e. The lowest BCUT2D eigenvalue weighted by Crippen LogP contribution is -2.35. The molecule has 0 aromatic heterocycles. The minimum Gasteiger partial charge on any atom is -0.469 e. The highest BCUT2D eigenvalue weighted by Crippen LogP contribution is 2.38. The fourth-order valence-corrected chi connectivity index (χ4v) is 4.42. The highest BCUT2D eigenvalue weighted by atomic mass is 127. The fourth-order valence-electron chi connectivity index (χ4n) is 3.34. The number of methoxy groups -OCH3 is 2. The first-order valence-corrected chi connectivity index (χ1v) is 9.84. The first-order valence-electron chi connectivity index (χ1n) is 8.32. The van der Waals surface area contributed by atoms with E-state index in [1.807, 2.05) is 0 Å². The van der Waals surface area contributed by atoms with Crippen molar-refractivity contribution in [3.63, 3.8) is 0 Å². The van der Waals surface area contributed by atoms with Gasteiger partial charge in [0.15, 0.2) is 0 Å². The van der Waals surface area contributed by atoms with Crippen LogP contribution in [0.5, 0.6) is 0 Å². The van der Waals surface area contributed by atoms with E-state index in [4.69, 9.17) is 4.74 Å². The van der Waals surface area contributed by atoms with E-state index in [2.05, 4.69) is 27.3 Å². The molecule has 0 heterocycles. The van der Waals surface area contributed by atoms with E-state index < -0.39 is 0 Å². The van der Waals surface area contributed by atoms with E-state index in [0.29, 0.717) is 0 Å². The van der Waals surface area contributed by atoms with Crippen molar-refractivity contribution >= 4 is 34.5 Å². The molecule has 4 nitrogen and oxygen atoms in total. The van der Waals surface area contributed by atoms with E-state index in [-0.39, 0.29) is 23.3 Å². The molecule has 0 spiro atoms. The Balaban J connectivity index is 0.000000224. The van der Waals surface area contributed by atoms with E-state index in [9.17, 15) is 9.59 Å². The second-order valence-corrected chi connectivity index (χ2v) is 7.09. The van der Waals surface area contributed by atoms with Crippen LogP contribution in [0.2, 0.25) is 0 Å². The van der Waals surface area contributed by atoms with Crippen molar-refractivity contribution < 1.29 is 19.1 Å². The van der Waals surface area contributed by atoms with Crippen molar-refractivity contribution in [1.29, 1.82) is 0 Å². The summed E-state index contributed by atoms with van der Waals surface area (Å²) in [5.41, 5.74) is -0.145. The Labute approximate surface area is 147 Å². The molecule has 0 saturated heterocycles. The summed E-state index contributed by atoms with van der Waals surface area (Å²) in [5.74, 6) is 0.190. The minimum atomic E-state index is -0.145. The van der Waals surface area contributed by atoms with Gasteiger partial charge in [0.1, 0.15) is 0 Å². The van der Waals surface area contributed by atoms with Gasteiger partial charge in [-0.25, -0.2) is 0 Å². The molecular weight excluding hydrogens is 395 g/mol. The summed E-state index contributed by atoms with van der Waals surface area (Å²) in [6, 6.07) is 0. The Kier molecular flexibility index (Phi) is 9.36. The first-order chi connectivity index (χ1) is 10.6. The topological polar surface area (TPSA) is 52.6 Å². The maximum atomic E-state index is 11.5. The quantitative estimate of drug-likeness (QED) is 0.386. The van der Waals surface area contributed by atoms with Gasteiger partial charge in [-0.2, -0.15) is 0 Å². The van der Waals surface area contributed by atoms with Crippen molar-refractivity contribution in [3.8, 4) is 0 Å². The van der Waals surface area contributed by atoms with Gasteiger partial charge in [-0.05, 0) is 25.7 Å². The van der Waals surface area contributed by atoms with Gasteiger partial charge in [0.05, 0.1) is 25.6 Å². The predicted octanol–water partition coefficient (Wildman–Crippen LogP) is 4.28. The van der Waals surface area contributed by atoms with Gasteiger partial charge in [0, 0.05) is 4.43 Å². The Morgan fingerprint density at radius 2 is 1.50 bits per heavy atom. The lowest BCUT2D eigenvalue weighted by Gasteiger charge is -2.32. The molecule has 0 N–H and O–H groups in total. The maximum Gasteiger partial charge on any atom is 0.312 e. The highest BCUT2D eigenvalue weighted by molar-refractivity contribution is 14.1. The smallest absolute Gasteiger partial charge is 0.312 e. The minimum absolute atomic E-state index is 0.00315. The SMILES string of the molecule is COC(=O)C1(CI)CCCCC1.COC(=O)C1CCCCC1. The maximum absolute atomic E-state index is 11.5. The Bertz CT molecular complexity index is 345. The summed E-state index contributed by atoms with van der Waals surface area (Å²) in [4.78, 5) is 22.4. The number of esters is 2. The average molecular weight is 424 g/mol. The summed E-state index contributed by atoms with van der Waals surface area (Å²) in [5, 5.41) is 0. The number of alkyl halides is 1. The third-order valence-electron chi connectivity index (χ3n) is 4.82. The predicted molar refractivity (Wildman–Crippen MR) is 95.0 cm³/mol. The highest BCUT2D eigenvalue weighted by Gasteiger charge is 2.39. The zero-order valence-electron chi connectivity index (χ0n) is 13.9. The van der Waals surface area contributed by atoms with Crippen LogP contribution in [0.3, 0.4) is 0 Å². The van der Waals surface area contributed by atoms with Crippen molar-refractivity contribution in [2.45, 2.75) is 64.2 Å². The molecule has 0 aromatic rings. The molecule has 0 aliphatic heterocycles. The molecule has 22 heavy (non-hydrogen) atoms. The van der Waals surface area contributed by atoms with Crippen molar-refractivity contribution in [2.75, 3.05) is 18.6 Å². The van der Waals surface area contributed by atoms with E-state index >= 15 is 0 Å². The molecular formula is C17H29IO4. The zero-order valence-corrected chi connectivity index (χ0v) is 16.0. The molecule has 2 saturated carbocycles. The van der Waals surface area contributed by atoms with Crippen LogP contribution in [0, 0.1) is 11.3 Å². The number of halogens is 1.